The molecule has 0 aliphatic rings. The van der Waals surface area contributed by atoms with Gasteiger partial charge in [0.1, 0.15) is 6.54 Å². The lowest BCUT2D eigenvalue weighted by Gasteiger charge is -2.22. The molecule has 39 heavy (non-hydrogen) atoms. The first-order chi connectivity index (χ1) is 19.0. The van der Waals surface area contributed by atoms with Crippen LogP contribution in [-0.4, -0.2) is 28.5 Å². The van der Waals surface area contributed by atoms with E-state index in [-0.39, 0.29) is 0 Å². The van der Waals surface area contributed by atoms with Gasteiger partial charge in [-0.2, -0.15) is 0 Å². The van der Waals surface area contributed by atoms with Crippen LogP contribution in [-0.2, 0) is 17.9 Å². The number of carboxylic acid groups (broad SMARTS) is 1. The lowest BCUT2D eigenvalue weighted by atomic mass is 10.0. The van der Waals surface area contributed by atoms with Crippen LogP contribution in [0.3, 0.4) is 0 Å². The van der Waals surface area contributed by atoms with E-state index in [4.69, 9.17) is 10.1 Å². The van der Waals surface area contributed by atoms with Crippen LogP contribution >= 0.6 is 11.3 Å². The molecule has 0 saturated carbocycles. The Bertz CT molecular complexity index is 1530. The smallest absolute Gasteiger partial charge is 0.322 e. The number of carboxylic acids is 1. The molecule has 1 heterocycles. The molecule has 0 spiro atoms. The fourth-order valence-corrected chi connectivity index (χ4v) is 5.08. The van der Waals surface area contributed by atoms with E-state index >= 15 is 0 Å². The lowest BCUT2D eigenvalue weighted by Crippen LogP contribution is -2.29. The Morgan fingerprint density at radius 3 is 1.92 bits per heavy atom. The molecular weight excluding hydrogens is 506 g/mol. The standard InChI is InChI=1S/C32H27N3O3S/c36-30(37)19-33-31(38)28-13-11-24(12-14-28)21-35(20-23-7-3-1-4-8-23)32-34-29(22-39-32)27-17-15-26(16-18-27)25-9-5-2-6-10-25/h1-18,22H,19-21H2,(H,33,38)(H,36,37). The number of rotatable bonds is 10. The summed E-state index contributed by atoms with van der Waals surface area (Å²) in [6, 6.07) is 36.2. The van der Waals surface area contributed by atoms with Gasteiger partial charge < -0.3 is 15.3 Å². The molecule has 1 amide bonds. The number of aliphatic carboxylic acids is 1. The van der Waals surface area contributed by atoms with Crippen molar-refractivity contribution in [2.75, 3.05) is 11.4 Å². The number of carbonyl (C=O) groups is 2. The minimum atomic E-state index is -1.08. The van der Waals surface area contributed by atoms with Gasteiger partial charge in [0.15, 0.2) is 5.13 Å². The van der Waals surface area contributed by atoms with Crippen LogP contribution in [0.25, 0.3) is 22.4 Å². The van der Waals surface area contributed by atoms with Gasteiger partial charge in [0.25, 0.3) is 5.91 Å². The third-order valence-corrected chi connectivity index (χ3v) is 7.16. The van der Waals surface area contributed by atoms with Crippen LogP contribution in [0.4, 0.5) is 5.13 Å². The molecule has 6 nitrogen and oxygen atoms in total. The number of nitrogens with zero attached hydrogens (tertiary/aromatic N) is 2. The number of anilines is 1. The molecule has 0 radical (unpaired) electrons. The molecule has 0 bridgehead atoms. The number of benzene rings is 4. The summed E-state index contributed by atoms with van der Waals surface area (Å²) < 4.78 is 0. The van der Waals surface area contributed by atoms with Gasteiger partial charge in [-0.05, 0) is 34.4 Å². The molecule has 5 rings (SSSR count). The number of amides is 1. The van der Waals surface area contributed by atoms with E-state index < -0.39 is 18.4 Å². The van der Waals surface area contributed by atoms with E-state index in [0.717, 1.165) is 22.0 Å². The van der Waals surface area contributed by atoms with E-state index in [9.17, 15) is 9.59 Å². The summed E-state index contributed by atoms with van der Waals surface area (Å²) in [7, 11) is 0. The van der Waals surface area contributed by atoms with Crippen molar-refractivity contribution < 1.29 is 14.7 Å². The van der Waals surface area contributed by atoms with E-state index in [2.05, 4.69) is 64.1 Å². The Kier molecular flexibility index (Phi) is 8.09. The van der Waals surface area contributed by atoms with Gasteiger partial charge in [-0.1, -0.05) is 97.1 Å². The van der Waals surface area contributed by atoms with Gasteiger partial charge in [-0.25, -0.2) is 4.98 Å². The minimum Gasteiger partial charge on any atom is -0.480 e. The summed E-state index contributed by atoms with van der Waals surface area (Å²) in [5.41, 5.74) is 6.95. The summed E-state index contributed by atoms with van der Waals surface area (Å²) in [6.07, 6.45) is 0. The number of hydrogen-bond donors (Lipinski definition) is 2. The summed E-state index contributed by atoms with van der Waals surface area (Å²) >= 11 is 1.60. The highest BCUT2D eigenvalue weighted by atomic mass is 32.1. The number of aromatic nitrogens is 1. The maximum Gasteiger partial charge on any atom is 0.322 e. The lowest BCUT2D eigenvalue weighted by molar-refractivity contribution is -0.135. The number of hydrogen-bond acceptors (Lipinski definition) is 5. The highest BCUT2D eigenvalue weighted by molar-refractivity contribution is 7.14. The van der Waals surface area contributed by atoms with Crippen LogP contribution < -0.4 is 10.2 Å². The topological polar surface area (TPSA) is 82.5 Å². The van der Waals surface area contributed by atoms with Crippen molar-refractivity contribution in [2.24, 2.45) is 0 Å². The quantitative estimate of drug-likeness (QED) is 0.214. The van der Waals surface area contributed by atoms with Crippen molar-refractivity contribution >= 4 is 28.3 Å². The second-order valence-electron chi connectivity index (χ2n) is 9.07. The van der Waals surface area contributed by atoms with Crippen LogP contribution in [0.5, 0.6) is 0 Å². The average molecular weight is 534 g/mol. The Balaban J connectivity index is 1.35. The minimum absolute atomic E-state index is 0.409. The van der Waals surface area contributed by atoms with Gasteiger partial charge in [-0.3, -0.25) is 9.59 Å². The zero-order valence-corrected chi connectivity index (χ0v) is 22.0. The fraction of sp³-hybridized carbons (Fsp3) is 0.0938. The maximum absolute atomic E-state index is 12.2. The number of carbonyl (C=O) groups excluding carboxylic acids is 1. The largest absolute Gasteiger partial charge is 0.480 e. The van der Waals surface area contributed by atoms with Crippen LogP contribution in [0.1, 0.15) is 21.5 Å². The zero-order valence-electron chi connectivity index (χ0n) is 21.2. The molecular formula is C32H27N3O3S. The molecule has 0 aliphatic heterocycles. The predicted molar refractivity (Wildman–Crippen MR) is 156 cm³/mol. The maximum atomic E-state index is 12.2. The Morgan fingerprint density at radius 2 is 1.28 bits per heavy atom. The second-order valence-corrected chi connectivity index (χ2v) is 9.91. The van der Waals surface area contributed by atoms with E-state index in [1.165, 1.54) is 16.7 Å². The number of thiazole rings is 1. The van der Waals surface area contributed by atoms with E-state index in [1.54, 1.807) is 23.5 Å². The highest BCUT2D eigenvalue weighted by Gasteiger charge is 2.15. The molecule has 0 atom stereocenters. The Hall–Kier alpha value is -4.75. The van der Waals surface area contributed by atoms with Gasteiger partial charge in [0.2, 0.25) is 0 Å². The van der Waals surface area contributed by atoms with Gasteiger partial charge >= 0.3 is 5.97 Å². The Morgan fingerprint density at radius 1 is 0.718 bits per heavy atom. The molecule has 4 aromatic carbocycles. The SMILES string of the molecule is O=C(O)CNC(=O)c1ccc(CN(Cc2ccccc2)c2nc(-c3ccc(-c4ccccc4)cc3)cs2)cc1. The fourth-order valence-electron chi connectivity index (χ4n) is 4.24. The molecule has 7 heteroatoms. The van der Waals surface area contributed by atoms with Crippen molar-refractivity contribution in [2.45, 2.75) is 13.1 Å². The first-order valence-electron chi connectivity index (χ1n) is 12.5. The summed E-state index contributed by atoms with van der Waals surface area (Å²) in [5, 5.41) is 14.2. The van der Waals surface area contributed by atoms with Gasteiger partial charge in [0.05, 0.1) is 5.69 Å². The van der Waals surface area contributed by atoms with E-state index in [1.807, 2.05) is 48.5 Å². The third kappa shape index (κ3) is 6.77. The van der Waals surface area contributed by atoms with Crippen LogP contribution in [0.2, 0.25) is 0 Å². The normalized spacial score (nSPS) is 10.7. The summed E-state index contributed by atoms with van der Waals surface area (Å²) in [4.78, 5) is 30.1. The van der Waals surface area contributed by atoms with Crippen LogP contribution in [0.15, 0.2) is 115 Å². The Labute approximate surface area is 231 Å². The molecule has 5 aromatic rings. The van der Waals surface area contributed by atoms with Crippen molar-refractivity contribution in [1.29, 1.82) is 0 Å². The van der Waals surface area contributed by atoms with Crippen LogP contribution in [0, 0.1) is 0 Å². The van der Waals surface area contributed by atoms with Crippen molar-refractivity contribution in [3.05, 3.63) is 131 Å². The van der Waals surface area contributed by atoms with Gasteiger partial charge in [-0.15, -0.1) is 11.3 Å². The zero-order chi connectivity index (χ0) is 27.0. The summed E-state index contributed by atoms with van der Waals surface area (Å²) in [5.74, 6) is -1.49. The molecule has 0 saturated heterocycles. The van der Waals surface area contributed by atoms with Gasteiger partial charge in [0, 0.05) is 29.6 Å². The van der Waals surface area contributed by atoms with Crippen molar-refractivity contribution in [3.63, 3.8) is 0 Å². The van der Waals surface area contributed by atoms with Crippen molar-refractivity contribution in [3.8, 4) is 22.4 Å². The number of nitrogens with one attached hydrogen (secondary N) is 1. The predicted octanol–water partition coefficient (Wildman–Crippen LogP) is 6.50. The molecule has 0 fully saturated rings. The molecule has 1 aromatic heterocycles. The first-order valence-corrected chi connectivity index (χ1v) is 13.4. The van der Waals surface area contributed by atoms with Crippen molar-refractivity contribution in [1.82, 2.24) is 10.3 Å². The molecule has 0 aliphatic carbocycles. The monoisotopic (exact) mass is 533 g/mol. The summed E-state index contributed by atoms with van der Waals surface area (Å²) in [6.45, 7) is 0.875. The second kappa shape index (κ2) is 12.2. The molecule has 0 unspecified atom stereocenters. The molecule has 2 N–H and O–H groups in total. The average Bonchev–Trinajstić information content (AvgIpc) is 3.47. The third-order valence-electron chi connectivity index (χ3n) is 6.26. The van der Waals surface area contributed by atoms with E-state index in [0.29, 0.717) is 18.7 Å². The molecule has 194 valence electrons. The first kappa shape index (κ1) is 25.9. The highest BCUT2D eigenvalue weighted by Crippen LogP contribution is 2.31.